The molecule has 1 amide bonds. The van der Waals surface area contributed by atoms with E-state index in [0.717, 1.165) is 41.1 Å². The zero-order chi connectivity index (χ0) is 25.6. The highest BCUT2D eigenvalue weighted by atomic mass is 79.9. The molecule has 1 aromatic heterocycles. The summed E-state index contributed by atoms with van der Waals surface area (Å²) in [5, 5.41) is 5.55. The summed E-state index contributed by atoms with van der Waals surface area (Å²) < 4.78 is 29.0. The van der Waals surface area contributed by atoms with Crippen molar-refractivity contribution in [1.82, 2.24) is 14.7 Å². The molecule has 0 saturated heterocycles. The van der Waals surface area contributed by atoms with Crippen LogP contribution in [0.4, 0.5) is 9.18 Å². The number of hydrogen-bond donors (Lipinski definition) is 0. The van der Waals surface area contributed by atoms with Crippen LogP contribution in [0.15, 0.2) is 40.9 Å². The Bertz CT molecular complexity index is 1160. The molecule has 0 bridgehead atoms. The van der Waals surface area contributed by atoms with Gasteiger partial charge in [-0.15, -0.1) is 0 Å². The van der Waals surface area contributed by atoms with E-state index in [9.17, 15) is 9.18 Å². The fourth-order valence-electron chi connectivity index (χ4n) is 3.79. The number of ether oxygens (including phenoxy) is 2. The number of carbonyl (C=O) groups is 1. The molecule has 8 heteroatoms. The van der Waals surface area contributed by atoms with Gasteiger partial charge in [-0.25, -0.2) is 9.18 Å². The molecule has 6 nitrogen and oxygen atoms in total. The zero-order valence-corrected chi connectivity index (χ0v) is 22.8. The van der Waals surface area contributed by atoms with Crippen LogP contribution in [0.5, 0.6) is 5.75 Å². The summed E-state index contributed by atoms with van der Waals surface area (Å²) >= 11 is 3.50. The lowest BCUT2D eigenvalue weighted by atomic mass is 10.1. The number of hydrogen-bond acceptors (Lipinski definition) is 4. The monoisotopic (exact) mass is 547 g/mol. The molecule has 0 aliphatic rings. The Morgan fingerprint density at radius 3 is 2.54 bits per heavy atom. The maximum atomic E-state index is 15.0. The van der Waals surface area contributed by atoms with Crippen molar-refractivity contribution in [3.8, 4) is 17.0 Å². The van der Waals surface area contributed by atoms with Gasteiger partial charge in [-0.2, -0.15) is 5.10 Å². The average Bonchev–Trinajstić information content (AvgIpc) is 3.14. The van der Waals surface area contributed by atoms with Crippen molar-refractivity contribution in [1.29, 1.82) is 0 Å². The second-order valence-corrected chi connectivity index (χ2v) is 10.5. The molecule has 2 aromatic carbocycles. The summed E-state index contributed by atoms with van der Waals surface area (Å²) in [6.07, 6.45) is 3.41. The van der Waals surface area contributed by atoms with E-state index in [-0.39, 0.29) is 11.9 Å². The van der Waals surface area contributed by atoms with Crippen molar-refractivity contribution >= 4 is 32.9 Å². The maximum absolute atomic E-state index is 15.0. The molecular weight excluding hydrogens is 513 g/mol. The van der Waals surface area contributed by atoms with Crippen LogP contribution in [0.1, 0.15) is 53.4 Å². The van der Waals surface area contributed by atoms with E-state index in [2.05, 4.69) is 21.0 Å². The highest BCUT2D eigenvalue weighted by molar-refractivity contribution is 9.10. The Morgan fingerprint density at radius 1 is 1.11 bits per heavy atom. The SMILES string of the molecule is CCn1nc(-c2ccc(OCCCCCCN(C)C(=O)OC(C)(C)C)cc2F)c2ccc(Br)cc21. The van der Waals surface area contributed by atoms with E-state index in [1.807, 2.05) is 50.6 Å². The minimum Gasteiger partial charge on any atom is -0.493 e. The summed E-state index contributed by atoms with van der Waals surface area (Å²) in [4.78, 5) is 13.6. The highest BCUT2D eigenvalue weighted by Gasteiger charge is 2.19. The molecule has 1 heterocycles. The number of benzene rings is 2. The molecular formula is C27H35BrFN3O3. The molecule has 190 valence electrons. The molecule has 0 fully saturated rings. The molecule has 0 saturated carbocycles. The normalized spacial score (nSPS) is 11.6. The Balaban J connectivity index is 1.47. The van der Waals surface area contributed by atoms with E-state index < -0.39 is 5.60 Å². The van der Waals surface area contributed by atoms with Gasteiger partial charge in [0.2, 0.25) is 0 Å². The lowest BCUT2D eigenvalue weighted by molar-refractivity contribution is 0.0296. The number of fused-ring (bicyclic) bond motifs is 1. The van der Waals surface area contributed by atoms with Gasteiger partial charge in [0.15, 0.2) is 0 Å². The van der Waals surface area contributed by atoms with Crippen molar-refractivity contribution in [2.45, 2.75) is 65.5 Å². The van der Waals surface area contributed by atoms with E-state index in [1.165, 1.54) is 6.07 Å². The number of aromatic nitrogens is 2. The number of carbonyl (C=O) groups excluding carboxylic acids is 1. The molecule has 0 atom stereocenters. The Kier molecular flexibility index (Phi) is 9.16. The van der Waals surface area contributed by atoms with Gasteiger partial charge in [-0.1, -0.05) is 28.8 Å². The topological polar surface area (TPSA) is 56.6 Å². The van der Waals surface area contributed by atoms with Gasteiger partial charge in [0, 0.05) is 41.6 Å². The minimum atomic E-state index is -0.483. The number of rotatable bonds is 10. The quantitative estimate of drug-likeness (QED) is 0.247. The van der Waals surface area contributed by atoms with Crippen LogP contribution in [0.3, 0.4) is 0 Å². The molecule has 0 spiro atoms. The fourth-order valence-corrected chi connectivity index (χ4v) is 4.14. The third-order valence-electron chi connectivity index (χ3n) is 5.57. The van der Waals surface area contributed by atoms with Gasteiger partial charge in [-0.05, 0) is 70.9 Å². The van der Waals surface area contributed by atoms with Crippen LogP contribution in [-0.2, 0) is 11.3 Å². The number of amides is 1. The van der Waals surface area contributed by atoms with E-state index in [4.69, 9.17) is 9.47 Å². The summed E-state index contributed by atoms with van der Waals surface area (Å²) in [6.45, 7) is 9.47. The van der Waals surface area contributed by atoms with Crippen molar-refractivity contribution < 1.29 is 18.7 Å². The van der Waals surface area contributed by atoms with Crippen molar-refractivity contribution in [2.75, 3.05) is 20.2 Å². The van der Waals surface area contributed by atoms with Crippen LogP contribution in [0.25, 0.3) is 22.2 Å². The molecule has 0 radical (unpaired) electrons. The van der Waals surface area contributed by atoms with E-state index in [1.54, 1.807) is 24.1 Å². The summed E-state index contributed by atoms with van der Waals surface area (Å²) in [7, 11) is 1.75. The molecule has 0 unspecified atom stereocenters. The van der Waals surface area contributed by atoms with Crippen molar-refractivity contribution in [3.05, 3.63) is 46.7 Å². The largest absolute Gasteiger partial charge is 0.493 e. The Labute approximate surface area is 215 Å². The van der Waals surface area contributed by atoms with Crippen molar-refractivity contribution in [3.63, 3.8) is 0 Å². The summed E-state index contributed by atoms with van der Waals surface area (Å²) in [5.74, 6) is 0.163. The molecule has 35 heavy (non-hydrogen) atoms. The Hall–Kier alpha value is -2.61. The van der Waals surface area contributed by atoms with Gasteiger partial charge in [-0.3, -0.25) is 4.68 Å². The second kappa shape index (κ2) is 11.9. The van der Waals surface area contributed by atoms with Gasteiger partial charge in [0.1, 0.15) is 22.9 Å². The van der Waals surface area contributed by atoms with Gasteiger partial charge in [0.05, 0.1) is 12.1 Å². The number of unbranched alkanes of at least 4 members (excludes halogenated alkanes) is 3. The first-order chi connectivity index (χ1) is 16.6. The van der Waals surface area contributed by atoms with Crippen LogP contribution in [-0.4, -0.2) is 46.6 Å². The van der Waals surface area contributed by atoms with Gasteiger partial charge in [0.25, 0.3) is 0 Å². The second-order valence-electron chi connectivity index (χ2n) is 9.63. The Morgan fingerprint density at radius 2 is 1.86 bits per heavy atom. The summed E-state index contributed by atoms with van der Waals surface area (Å²) in [6, 6.07) is 10.9. The predicted octanol–water partition coefficient (Wildman–Crippen LogP) is 7.43. The standard InChI is InChI=1S/C27H35BrFN3O3/c1-6-32-24-17-19(28)11-13-22(24)25(30-32)21-14-12-20(18-23(21)29)34-16-10-8-7-9-15-31(5)26(33)35-27(2,3)4/h11-14,17-18H,6-10,15-16H2,1-5H3. The predicted molar refractivity (Wildman–Crippen MR) is 141 cm³/mol. The van der Waals surface area contributed by atoms with E-state index >= 15 is 0 Å². The summed E-state index contributed by atoms with van der Waals surface area (Å²) in [5.41, 5.74) is 1.58. The van der Waals surface area contributed by atoms with Crippen LogP contribution in [0, 0.1) is 5.82 Å². The average molecular weight is 548 g/mol. The lowest BCUT2D eigenvalue weighted by Gasteiger charge is -2.24. The van der Waals surface area contributed by atoms with Gasteiger partial charge < -0.3 is 14.4 Å². The van der Waals surface area contributed by atoms with Crippen LogP contribution >= 0.6 is 15.9 Å². The first-order valence-corrected chi connectivity index (χ1v) is 12.9. The van der Waals surface area contributed by atoms with Crippen molar-refractivity contribution in [2.24, 2.45) is 0 Å². The number of aryl methyl sites for hydroxylation is 1. The van der Waals surface area contributed by atoms with Gasteiger partial charge >= 0.3 is 6.09 Å². The maximum Gasteiger partial charge on any atom is 0.410 e. The first kappa shape index (κ1) is 27.0. The fraction of sp³-hybridized carbons (Fsp3) is 0.481. The molecule has 3 aromatic rings. The number of nitrogens with zero attached hydrogens (tertiary/aromatic N) is 3. The minimum absolute atomic E-state index is 0.298. The molecule has 0 N–H and O–H groups in total. The third-order valence-corrected chi connectivity index (χ3v) is 6.06. The third kappa shape index (κ3) is 7.43. The van der Waals surface area contributed by atoms with Crippen LogP contribution < -0.4 is 4.74 Å². The van der Waals surface area contributed by atoms with E-state index in [0.29, 0.717) is 36.7 Å². The lowest BCUT2D eigenvalue weighted by Crippen LogP contribution is -2.34. The zero-order valence-electron chi connectivity index (χ0n) is 21.2. The van der Waals surface area contributed by atoms with Crippen LogP contribution in [0.2, 0.25) is 0 Å². The molecule has 3 rings (SSSR count). The molecule has 0 aliphatic heterocycles. The molecule has 0 aliphatic carbocycles. The highest BCUT2D eigenvalue weighted by Crippen LogP contribution is 2.33. The number of halogens is 2. The first-order valence-electron chi connectivity index (χ1n) is 12.1. The smallest absolute Gasteiger partial charge is 0.410 e.